The number of likely N-dealkylation sites (tertiary alicyclic amines) is 1. The Morgan fingerprint density at radius 3 is 2.48 bits per heavy atom. The maximum atomic E-state index is 13.8. The van der Waals surface area contributed by atoms with Gasteiger partial charge in [-0.15, -0.1) is 0 Å². The van der Waals surface area contributed by atoms with Crippen LogP contribution in [-0.2, 0) is 25.5 Å². The number of hydrogen-bond acceptors (Lipinski definition) is 5. The molecular formula is C25H37NO5. The number of ether oxygens (including phenoxy) is 2. The first-order valence-electron chi connectivity index (χ1n) is 11.6. The zero-order chi connectivity index (χ0) is 22.8. The zero-order valence-corrected chi connectivity index (χ0v) is 19.5. The van der Waals surface area contributed by atoms with Crippen LogP contribution in [0.15, 0.2) is 24.3 Å². The van der Waals surface area contributed by atoms with Gasteiger partial charge in [-0.1, -0.05) is 52.0 Å². The fourth-order valence-electron chi connectivity index (χ4n) is 5.22. The van der Waals surface area contributed by atoms with Gasteiger partial charge in [-0.2, -0.15) is 0 Å². The predicted molar refractivity (Wildman–Crippen MR) is 118 cm³/mol. The zero-order valence-electron chi connectivity index (χ0n) is 19.5. The van der Waals surface area contributed by atoms with Crippen molar-refractivity contribution < 1.29 is 24.2 Å². The van der Waals surface area contributed by atoms with Crippen LogP contribution in [0, 0.1) is 11.3 Å². The molecule has 2 aliphatic rings. The van der Waals surface area contributed by atoms with E-state index in [1.807, 2.05) is 45.0 Å². The molecule has 172 valence electrons. The highest BCUT2D eigenvalue weighted by molar-refractivity contribution is 5.89. The maximum absolute atomic E-state index is 13.8. The number of aryl methyl sites for hydroxylation is 1. The highest BCUT2D eigenvalue weighted by atomic mass is 16.5. The number of aliphatic hydroxyl groups excluding tert-OH is 1. The molecule has 0 aromatic heterocycles. The lowest BCUT2D eigenvalue weighted by molar-refractivity contribution is -0.162. The van der Waals surface area contributed by atoms with Gasteiger partial charge >= 0.3 is 5.97 Å². The Morgan fingerprint density at radius 2 is 1.90 bits per heavy atom. The van der Waals surface area contributed by atoms with Gasteiger partial charge in [0.2, 0.25) is 0 Å². The number of hydrogen-bond donors (Lipinski definition) is 1. The molecule has 3 rings (SSSR count). The lowest BCUT2D eigenvalue weighted by atomic mass is 9.73. The van der Waals surface area contributed by atoms with Crippen LogP contribution in [0.3, 0.4) is 0 Å². The molecule has 1 amide bonds. The third kappa shape index (κ3) is 4.65. The topological polar surface area (TPSA) is 76.1 Å². The Labute approximate surface area is 185 Å². The van der Waals surface area contributed by atoms with E-state index in [4.69, 9.17) is 9.47 Å². The van der Waals surface area contributed by atoms with Crippen molar-refractivity contribution in [3.63, 3.8) is 0 Å². The molecule has 1 aromatic carbocycles. The number of rotatable bonds is 5. The third-order valence-electron chi connectivity index (χ3n) is 6.62. The van der Waals surface area contributed by atoms with Crippen LogP contribution in [0.4, 0.5) is 0 Å². The monoisotopic (exact) mass is 431 g/mol. The Bertz CT molecular complexity index is 780. The summed E-state index contributed by atoms with van der Waals surface area (Å²) in [6.45, 7) is 10.6. The standard InChI is InChI=1S/C25H37NO5/c1-6-16-12-8-9-13-17(16)20-22(27)19(25(3,4)5)21(24(29)30-7-2)26(20)23(28)18-14-10-11-15-31-18/h8-9,12-13,18-22,27H,6-7,10-11,14-15H2,1-5H3/t18-,19+,20-,21-,22-/m0/s1. The van der Waals surface area contributed by atoms with Crippen molar-refractivity contribution in [2.75, 3.05) is 13.2 Å². The summed E-state index contributed by atoms with van der Waals surface area (Å²) in [5.74, 6) is -1.14. The van der Waals surface area contributed by atoms with Gasteiger partial charge in [0.1, 0.15) is 12.1 Å². The van der Waals surface area contributed by atoms with Gasteiger partial charge in [-0.05, 0) is 49.1 Å². The van der Waals surface area contributed by atoms with Gasteiger partial charge in [-0.3, -0.25) is 4.79 Å². The number of aliphatic hydroxyl groups is 1. The van der Waals surface area contributed by atoms with Crippen LogP contribution in [-0.4, -0.2) is 53.3 Å². The second kappa shape index (κ2) is 9.70. The van der Waals surface area contributed by atoms with E-state index in [1.54, 1.807) is 11.8 Å². The van der Waals surface area contributed by atoms with Gasteiger partial charge in [0.25, 0.3) is 5.91 Å². The van der Waals surface area contributed by atoms with Crippen LogP contribution >= 0.6 is 0 Å². The summed E-state index contributed by atoms with van der Waals surface area (Å²) in [5.41, 5.74) is 1.53. The van der Waals surface area contributed by atoms with Crippen LogP contribution in [0.5, 0.6) is 0 Å². The van der Waals surface area contributed by atoms with Gasteiger partial charge in [0.15, 0.2) is 0 Å². The van der Waals surface area contributed by atoms with Crippen molar-refractivity contribution in [1.29, 1.82) is 0 Å². The van der Waals surface area contributed by atoms with E-state index in [0.717, 1.165) is 30.4 Å². The average Bonchev–Trinajstić information content (AvgIpc) is 3.07. The molecule has 0 saturated carbocycles. The molecule has 31 heavy (non-hydrogen) atoms. The molecule has 0 aliphatic carbocycles. The molecule has 6 heteroatoms. The Morgan fingerprint density at radius 1 is 1.19 bits per heavy atom. The van der Waals surface area contributed by atoms with Crippen LogP contribution in [0.25, 0.3) is 0 Å². The van der Waals surface area contributed by atoms with Gasteiger partial charge in [0.05, 0.1) is 18.8 Å². The molecule has 2 fully saturated rings. The van der Waals surface area contributed by atoms with E-state index in [1.165, 1.54) is 0 Å². The molecule has 0 spiro atoms. The lowest BCUT2D eigenvalue weighted by Gasteiger charge is -2.36. The Balaban J connectivity index is 2.15. The Hall–Kier alpha value is -1.92. The van der Waals surface area contributed by atoms with Crippen molar-refractivity contribution in [2.45, 2.75) is 84.6 Å². The number of benzene rings is 1. The minimum Gasteiger partial charge on any atom is -0.464 e. The number of esters is 1. The van der Waals surface area contributed by atoms with Crippen LogP contribution in [0.1, 0.15) is 71.0 Å². The normalized spacial score (nSPS) is 29.1. The first-order valence-corrected chi connectivity index (χ1v) is 11.6. The summed E-state index contributed by atoms with van der Waals surface area (Å²) in [6, 6.07) is 6.39. The molecular weight excluding hydrogens is 394 g/mol. The molecule has 2 saturated heterocycles. The molecule has 0 unspecified atom stereocenters. The molecule has 2 heterocycles. The molecule has 2 aliphatic heterocycles. The number of nitrogens with zero attached hydrogens (tertiary/aromatic N) is 1. The van der Waals surface area contributed by atoms with Crippen molar-refractivity contribution >= 4 is 11.9 Å². The first kappa shape index (κ1) is 23.7. The highest BCUT2D eigenvalue weighted by Gasteiger charge is 2.59. The number of carbonyl (C=O) groups is 2. The molecule has 0 radical (unpaired) electrons. The van der Waals surface area contributed by atoms with Crippen molar-refractivity contribution in [3.05, 3.63) is 35.4 Å². The van der Waals surface area contributed by atoms with E-state index in [9.17, 15) is 14.7 Å². The minimum absolute atomic E-state index is 0.223. The van der Waals surface area contributed by atoms with Crippen LogP contribution < -0.4 is 0 Å². The second-order valence-electron chi connectivity index (χ2n) is 9.68. The molecule has 1 N–H and O–H groups in total. The molecule has 5 atom stereocenters. The van der Waals surface area contributed by atoms with Gasteiger partial charge in [-0.25, -0.2) is 4.79 Å². The van der Waals surface area contributed by atoms with Gasteiger partial charge in [0, 0.05) is 12.5 Å². The van der Waals surface area contributed by atoms with E-state index < -0.39 is 41.6 Å². The van der Waals surface area contributed by atoms with Crippen molar-refractivity contribution in [1.82, 2.24) is 4.90 Å². The third-order valence-corrected chi connectivity index (χ3v) is 6.62. The van der Waals surface area contributed by atoms with Crippen LogP contribution in [0.2, 0.25) is 0 Å². The van der Waals surface area contributed by atoms with E-state index in [2.05, 4.69) is 6.92 Å². The number of amides is 1. The second-order valence-corrected chi connectivity index (χ2v) is 9.68. The maximum Gasteiger partial charge on any atom is 0.329 e. The summed E-state index contributed by atoms with van der Waals surface area (Å²) in [4.78, 5) is 28.6. The molecule has 0 bridgehead atoms. The van der Waals surface area contributed by atoms with E-state index in [-0.39, 0.29) is 12.5 Å². The SMILES string of the molecule is CCOC(=O)[C@@H]1[C@@H](C(C)(C)C)[C@H](O)[C@H](c2ccccc2CC)N1C(=O)[C@@H]1CCCCO1. The number of carbonyl (C=O) groups excluding carboxylic acids is 2. The summed E-state index contributed by atoms with van der Waals surface area (Å²) in [7, 11) is 0. The first-order chi connectivity index (χ1) is 14.7. The van der Waals surface area contributed by atoms with Crippen molar-refractivity contribution in [2.24, 2.45) is 11.3 Å². The Kier molecular flexibility index (Phi) is 7.43. The lowest BCUT2D eigenvalue weighted by Crippen LogP contribution is -2.51. The minimum atomic E-state index is -0.894. The largest absolute Gasteiger partial charge is 0.464 e. The van der Waals surface area contributed by atoms with E-state index >= 15 is 0 Å². The predicted octanol–water partition coefficient (Wildman–Crippen LogP) is 3.66. The quantitative estimate of drug-likeness (QED) is 0.720. The average molecular weight is 432 g/mol. The summed E-state index contributed by atoms with van der Waals surface area (Å²) in [5, 5.41) is 11.6. The smallest absolute Gasteiger partial charge is 0.329 e. The molecule has 1 aromatic rings. The highest BCUT2D eigenvalue weighted by Crippen LogP contribution is 2.49. The summed E-state index contributed by atoms with van der Waals surface area (Å²) < 4.78 is 11.2. The van der Waals surface area contributed by atoms with E-state index in [0.29, 0.717) is 13.0 Å². The molecule has 6 nitrogen and oxygen atoms in total. The van der Waals surface area contributed by atoms with Gasteiger partial charge < -0.3 is 19.5 Å². The van der Waals surface area contributed by atoms with Crippen molar-refractivity contribution in [3.8, 4) is 0 Å². The fourth-order valence-corrected chi connectivity index (χ4v) is 5.22. The summed E-state index contributed by atoms with van der Waals surface area (Å²) >= 11 is 0. The summed E-state index contributed by atoms with van der Waals surface area (Å²) in [6.07, 6.45) is 1.76. The fraction of sp³-hybridized carbons (Fsp3) is 0.680.